The molecule has 1 atom stereocenters. The van der Waals surface area contributed by atoms with Crippen LogP contribution in [0.15, 0.2) is 12.5 Å². The summed E-state index contributed by atoms with van der Waals surface area (Å²) in [6, 6.07) is -0.671. The SMILES string of the molecule is COCCOCCOCCN[C@@H](Cc1c[nH]cn1)C(=O)O. The van der Waals surface area contributed by atoms with Crippen LogP contribution in [0.2, 0.25) is 0 Å². The van der Waals surface area contributed by atoms with Gasteiger partial charge in [0.15, 0.2) is 0 Å². The van der Waals surface area contributed by atoms with Gasteiger partial charge in [0.05, 0.1) is 45.1 Å². The average molecular weight is 301 g/mol. The van der Waals surface area contributed by atoms with Gasteiger partial charge in [0.1, 0.15) is 6.04 Å². The van der Waals surface area contributed by atoms with Crippen molar-refractivity contribution in [1.82, 2.24) is 15.3 Å². The van der Waals surface area contributed by atoms with Crippen LogP contribution in [0.5, 0.6) is 0 Å². The van der Waals surface area contributed by atoms with E-state index in [4.69, 9.17) is 19.3 Å². The Bertz CT molecular complexity index is 372. The summed E-state index contributed by atoms with van der Waals surface area (Å²) in [6.45, 7) is 2.97. The molecule has 8 nitrogen and oxygen atoms in total. The highest BCUT2D eigenvalue weighted by Gasteiger charge is 2.17. The van der Waals surface area contributed by atoms with Crippen molar-refractivity contribution in [3.63, 3.8) is 0 Å². The Labute approximate surface area is 123 Å². The summed E-state index contributed by atoms with van der Waals surface area (Å²) >= 11 is 0. The average Bonchev–Trinajstić information content (AvgIpc) is 2.97. The number of carboxylic acids is 1. The number of ether oxygens (including phenoxy) is 3. The monoisotopic (exact) mass is 301 g/mol. The number of nitrogens with zero attached hydrogens (tertiary/aromatic N) is 1. The second-order valence-electron chi connectivity index (χ2n) is 4.33. The third-order valence-corrected chi connectivity index (χ3v) is 2.71. The number of aromatic nitrogens is 2. The number of aliphatic carboxylic acids is 1. The number of imidazole rings is 1. The summed E-state index contributed by atoms with van der Waals surface area (Å²) in [7, 11) is 1.62. The topological polar surface area (TPSA) is 106 Å². The highest BCUT2D eigenvalue weighted by atomic mass is 16.5. The van der Waals surface area contributed by atoms with E-state index in [1.54, 1.807) is 13.3 Å². The number of H-pyrrole nitrogens is 1. The molecule has 1 heterocycles. The first-order valence-electron chi connectivity index (χ1n) is 6.82. The summed E-state index contributed by atoms with van der Waals surface area (Å²) < 4.78 is 15.4. The van der Waals surface area contributed by atoms with Crippen molar-refractivity contribution in [1.29, 1.82) is 0 Å². The molecule has 0 aromatic carbocycles. The number of hydrogen-bond donors (Lipinski definition) is 3. The van der Waals surface area contributed by atoms with Crippen molar-refractivity contribution in [2.75, 3.05) is 46.7 Å². The Morgan fingerprint density at radius 2 is 2.05 bits per heavy atom. The number of hydrogen-bond acceptors (Lipinski definition) is 6. The lowest BCUT2D eigenvalue weighted by Crippen LogP contribution is -2.40. The lowest BCUT2D eigenvalue weighted by atomic mass is 10.1. The fraction of sp³-hybridized carbons (Fsp3) is 0.692. The minimum absolute atomic E-state index is 0.332. The van der Waals surface area contributed by atoms with Gasteiger partial charge in [-0.2, -0.15) is 0 Å². The number of methoxy groups -OCH3 is 1. The molecule has 1 aromatic rings. The number of carbonyl (C=O) groups is 1. The first kappa shape index (κ1) is 17.6. The Morgan fingerprint density at radius 1 is 1.33 bits per heavy atom. The molecule has 0 fully saturated rings. The lowest BCUT2D eigenvalue weighted by Gasteiger charge is -2.13. The molecule has 120 valence electrons. The van der Waals surface area contributed by atoms with E-state index < -0.39 is 12.0 Å². The van der Waals surface area contributed by atoms with Gasteiger partial charge in [0.2, 0.25) is 0 Å². The number of aromatic amines is 1. The molecule has 0 bridgehead atoms. The van der Waals surface area contributed by atoms with E-state index >= 15 is 0 Å². The van der Waals surface area contributed by atoms with Crippen LogP contribution < -0.4 is 5.32 Å². The van der Waals surface area contributed by atoms with Gasteiger partial charge in [-0.1, -0.05) is 0 Å². The van der Waals surface area contributed by atoms with Crippen LogP contribution in [-0.2, 0) is 25.4 Å². The van der Waals surface area contributed by atoms with Crippen LogP contribution in [0.1, 0.15) is 5.69 Å². The number of carboxylic acid groups (broad SMARTS) is 1. The molecule has 0 aliphatic heterocycles. The fourth-order valence-electron chi connectivity index (χ4n) is 1.63. The lowest BCUT2D eigenvalue weighted by molar-refractivity contribution is -0.139. The molecule has 1 rings (SSSR count). The maximum Gasteiger partial charge on any atom is 0.321 e. The highest BCUT2D eigenvalue weighted by molar-refractivity contribution is 5.73. The van der Waals surface area contributed by atoms with E-state index in [1.807, 2.05) is 0 Å². The Morgan fingerprint density at radius 3 is 2.67 bits per heavy atom. The fourth-order valence-corrected chi connectivity index (χ4v) is 1.63. The molecule has 1 aromatic heterocycles. The minimum Gasteiger partial charge on any atom is -0.480 e. The van der Waals surface area contributed by atoms with Crippen molar-refractivity contribution in [2.24, 2.45) is 0 Å². The summed E-state index contributed by atoms with van der Waals surface area (Å²) in [6.07, 6.45) is 3.55. The van der Waals surface area contributed by atoms with Crippen molar-refractivity contribution >= 4 is 5.97 Å². The highest BCUT2D eigenvalue weighted by Crippen LogP contribution is 1.98. The van der Waals surface area contributed by atoms with E-state index in [1.165, 1.54) is 6.33 Å². The molecular formula is C13H23N3O5. The quantitative estimate of drug-likeness (QED) is 0.429. The molecule has 3 N–H and O–H groups in total. The molecule has 0 saturated carbocycles. The first-order valence-corrected chi connectivity index (χ1v) is 6.82. The van der Waals surface area contributed by atoms with E-state index in [2.05, 4.69) is 15.3 Å². The number of rotatable bonds is 13. The van der Waals surface area contributed by atoms with Crippen molar-refractivity contribution in [3.8, 4) is 0 Å². The van der Waals surface area contributed by atoms with Crippen LogP contribution in [-0.4, -0.2) is 73.8 Å². The second-order valence-corrected chi connectivity index (χ2v) is 4.33. The largest absolute Gasteiger partial charge is 0.480 e. The zero-order chi connectivity index (χ0) is 15.3. The van der Waals surface area contributed by atoms with Gasteiger partial charge in [-0.05, 0) is 0 Å². The maximum atomic E-state index is 11.1. The van der Waals surface area contributed by atoms with Crippen LogP contribution in [0.25, 0.3) is 0 Å². The first-order chi connectivity index (χ1) is 10.2. The molecule has 21 heavy (non-hydrogen) atoms. The zero-order valence-corrected chi connectivity index (χ0v) is 12.2. The van der Waals surface area contributed by atoms with Gasteiger partial charge < -0.3 is 29.6 Å². The maximum absolute atomic E-state index is 11.1. The summed E-state index contributed by atoms with van der Waals surface area (Å²) in [4.78, 5) is 17.9. The summed E-state index contributed by atoms with van der Waals surface area (Å²) in [5.74, 6) is -0.902. The number of nitrogens with one attached hydrogen (secondary N) is 2. The van der Waals surface area contributed by atoms with Crippen molar-refractivity contribution in [2.45, 2.75) is 12.5 Å². The van der Waals surface area contributed by atoms with Crippen LogP contribution in [0, 0.1) is 0 Å². The van der Waals surface area contributed by atoms with Crippen molar-refractivity contribution in [3.05, 3.63) is 18.2 Å². The molecule has 0 amide bonds. The second kappa shape index (κ2) is 11.2. The minimum atomic E-state index is -0.902. The standard InChI is InChI=1S/C13H23N3O5/c1-19-4-5-21-7-6-20-3-2-15-12(13(17)18)8-11-9-14-10-16-11/h9-10,12,15H,2-8H2,1H3,(H,14,16)(H,17,18)/t12-/m0/s1. The molecule has 8 heteroatoms. The van der Waals surface area contributed by atoms with Gasteiger partial charge in [0.25, 0.3) is 0 Å². The van der Waals surface area contributed by atoms with E-state index in [-0.39, 0.29) is 0 Å². The van der Waals surface area contributed by atoms with E-state index in [0.717, 1.165) is 0 Å². The summed E-state index contributed by atoms with van der Waals surface area (Å²) in [5, 5.41) is 12.1. The normalized spacial score (nSPS) is 12.4. The van der Waals surface area contributed by atoms with Gasteiger partial charge in [-0.3, -0.25) is 4.79 Å². The predicted octanol–water partition coefficient (Wildman–Crippen LogP) is -0.325. The smallest absolute Gasteiger partial charge is 0.321 e. The molecule has 0 saturated heterocycles. The van der Waals surface area contributed by atoms with Crippen LogP contribution in [0.4, 0.5) is 0 Å². The molecule has 0 aliphatic rings. The van der Waals surface area contributed by atoms with Gasteiger partial charge in [0, 0.05) is 26.3 Å². The molecule has 0 radical (unpaired) electrons. The molecule has 0 unspecified atom stereocenters. The third kappa shape index (κ3) is 8.41. The van der Waals surface area contributed by atoms with Gasteiger partial charge >= 0.3 is 5.97 Å². The molecular weight excluding hydrogens is 278 g/mol. The summed E-state index contributed by atoms with van der Waals surface area (Å²) in [5.41, 5.74) is 0.711. The van der Waals surface area contributed by atoms with Crippen molar-refractivity contribution < 1.29 is 24.1 Å². The van der Waals surface area contributed by atoms with E-state index in [0.29, 0.717) is 51.7 Å². The third-order valence-electron chi connectivity index (χ3n) is 2.71. The molecule has 0 aliphatic carbocycles. The van der Waals surface area contributed by atoms with Gasteiger partial charge in [-0.25, -0.2) is 4.98 Å². The Hall–Kier alpha value is -1.48. The Kier molecular flexibility index (Phi) is 9.38. The molecule has 0 spiro atoms. The zero-order valence-electron chi connectivity index (χ0n) is 12.2. The van der Waals surface area contributed by atoms with Crippen LogP contribution >= 0.6 is 0 Å². The van der Waals surface area contributed by atoms with Crippen LogP contribution in [0.3, 0.4) is 0 Å². The van der Waals surface area contributed by atoms with E-state index in [9.17, 15) is 4.79 Å². The predicted molar refractivity (Wildman–Crippen MR) is 75.2 cm³/mol. The van der Waals surface area contributed by atoms with Gasteiger partial charge in [-0.15, -0.1) is 0 Å². The Balaban J connectivity index is 2.04.